The Balaban J connectivity index is 1.73. The lowest BCUT2D eigenvalue weighted by molar-refractivity contribution is 0.120. The average molecular weight is 426 g/mol. The average Bonchev–Trinajstić information content (AvgIpc) is 3.29. The molecule has 1 saturated heterocycles. The maximum Gasteiger partial charge on any atom is 0.295 e. The monoisotopic (exact) mass is 426 g/mol. The highest BCUT2D eigenvalue weighted by Crippen LogP contribution is 2.23. The fraction of sp³-hybridized carbons (Fsp3) is 0.435. The first-order chi connectivity index (χ1) is 15.1. The topological polar surface area (TPSA) is 78.3 Å². The lowest BCUT2D eigenvalue weighted by Crippen LogP contribution is -2.30. The molecule has 0 radical (unpaired) electrons. The summed E-state index contributed by atoms with van der Waals surface area (Å²) in [5, 5.41) is 3.16. The first-order valence-electron chi connectivity index (χ1n) is 10.7. The van der Waals surface area contributed by atoms with Crippen LogP contribution in [0.25, 0.3) is 22.4 Å². The van der Waals surface area contributed by atoms with Crippen LogP contribution < -0.4 is 10.9 Å². The number of nitrogens with zero attached hydrogens (tertiary/aromatic N) is 3. The zero-order chi connectivity index (χ0) is 21.8. The molecule has 8 heteroatoms. The molecule has 0 spiro atoms. The molecule has 2 aromatic heterocycles. The van der Waals surface area contributed by atoms with Gasteiger partial charge in [0, 0.05) is 25.3 Å². The van der Waals surface area contributed by atoms with E-state index < -0.39 is 0 Å². The lowest BCUT2D eigenvalue weighted by Gasteiger charge is -2.15. The fourth-order valence-electron chi connectivity index (χ4n) is 3.72. The van der Waals surface area contributed by atoms with Gasteiger partial charge in [-0.25, -0.2) is 14.4 Å². The second-order valence-electron chi connectivity index (χ2n) is 7.63. The highest BCUT2D eigenvalue weighted by atomic mass is 19.1. The molecule has 0 amide bonds. The minimum absolute atomic E-state index is 0.0935. The molecule has 31 heavy (non-hydrogen) atoms. The van der Waals surface area contributed by atoms with Gasteiger partial charge in [0.25, 0.3) is 5.56 Å². The number of fused-ring (bicyclic) bond motifs is 1. The Hall–Kier alpha value is -2.84. The molecule has 1 fully saturated rings. The SMILES string of the molecule is CCOCCn1c(=O)c(NCC2CCCO2)nc2ccc(-c3ccc(F)c(C)c3)nc21. The van der Waals surface area contributed by atoms with Gasteiger partial charge in [0.15, 0.2) is 11.5 Å². The van der Waals surface area contributed by atoms with E-state index in [1.165, 1.54) is 6.07 Å². The van der Waals surface area contributed by atoms with Gasteiger partial charge in [-0.1, -0.05) is 0 Å². The number of halogens is 1. The van der Waals surface area contributed by atoms with Crippen molar-refractivity contribution in [1.29, 1.82) is 0 Å². The van der Waals surface area contributed by atoms with Crippen LogP contribution in [-0.2, 0) is 16.0 Å². The maximum atomic E-state index is 13.7. The van der Waals surface area contributed by atoms with E-state index in [9.17, 15) is 9.18 Å². The first kappa shape index (κ1) is 21.4. The van der Waals surface area contributed by atoms with Crippen LogP contribution in [0, 0.1) is 12.7 Å². The Morgan fingerprint density at radius 3 is 2.90 bits per heavy atom. The van der Waals surface area contributed by atoms with E-state index in [0.29, 0.717) is 48.7 Å². The summed E-state index contributed by atoms with van der Waals surface area (Å²) in [4.78, 5) is 22.4. The van der Waals surface area contributed by atoms with E-state index in [1.54, 1.807) is 23.6 Å². The predicted octanol–water partition coefficient (Wildman–Crippen LogP) is 3.53. The highest BCUT2D eigenvalue weighted by molar-refractivity contribution is 5.76. The number of pyridine rings is 1. The molecule has 0 saturated carbocycles. The molecule has 1 aliphatic rings. The summed E-state index contributed by atoms with van der Waals surface area (Å²) in [6, 6.07) is 8.53. The minimum atomic E-state index is -0.262. The van der Waals surface area contributed by atoms with Crippen molar-refractivity contribution in [2.45, 2.75) is 39.3 Å². The third-order valence-electron chi connectivity index (χ3n) is 5.43. The number of aryl methyl sites for hydroxylation is 1. The minimum Gasteiger partial charge on any atom is -0.380 e. The molecule has 164 valence electrons. The summed E-state index contributed by atoms with van der Waals surface area (Å²) in [7, 11) is 0. The zero-order valence-corrected chi connectivity index (χ0v) is 17.9. The number of benzene rings is 1. The van der Waals surface area contributed by atoms with Crippen molar-refractivity contribution < 1.29 is 13.9 Å². The van der Waals surface area contributed by atoms with Crippen LogP contribution in [-0.4, -0.2) is 47.0 Å². The van der Waals surface area contributed by atoms with Gasteiger partial charge < -0.3 is 14.8 Å². The number of aromatic nitrogens is 3. The highest BCUT2D eigenvalue weighted by Gasteiger charge is 2.18. The first-order valence-corrected chi connectivity index (χ1v) is 10.7. The number of rotatable bonds is 8. The molecular formula is C23H27FN4O3. The molecule has 3 aromatic rings. The van der Waals surface area contributed by atoms with Crippen molar-refractivity contribution in [3.05, 3.63) is 52.1 Å². The fourth-order valence-corrected chi connectivity index (χ4v) is 3.72. The summed E-state index contributed by atoms with van der Waals surface area (Å²) in [6.07, 6.45) is 2.10. The van der Waals surface area contributed by atoms with E-state index in [2.05, 4.69) is 10.3 Å². The second kappa shape index (κ2) is 9.53. The van der Waals surface area contributed by atoms with Gasteiger partial charge in [-0.3, -0.25) is 9.36 Å². The van der Waals surface area contributed by atoms with Crippen molar-refractivity contribution >= 4 is 17.0 Å². The molecule has 1 atom stereocenters. The molecular weight excluding hydrogens is 399 g/mol. The Bertz CT molecular complexity index is 1130. The molecule has 1 unspecified atom stereocenters. The van der Waals surface area contributed by atoms with Crippen LogP contribution in [0.2, 0.25) is 0 Å². The normalized spacial score (nSPS) is 16.2. The van der Waals surface area contributed by atoms with E-state index in [-0.39, 0.29) is 23.3 Å². The molecule has 1 N–H and O–H groups in total. The lowest BCUT2D eigenvalue weighted by atomic mass is 10.1. The quantitative estimate of drug-likeness (QED) is 0.555. The van der Waals surface area contributed by atoms with Crippen molar-refractivity contribution in [3.8, 4) is 11.3 Å². The smallest absolute Gasteiger partial charge is 0.295 e. The van der Waals surface area contributed by atoms with Gasteiger partial charge in [0.2, 0.25) is 0 Å². The molecule has 4 rings (SSSR count). The number of anilines is 1. The van der Waals surface area contributed by atoms with Crippen molar-refractivity contribution in [2.75, 3.05) is 31.7 Å². The standard InChI is InChI=1S/C23H27FN4O3/c1-3-30-12-10-28-22-20(26-21(23(28)29)25-14-17-5-4-11-31-17)9-8-19(27-22)16-6-7-18(24)15(2)13-16/h6-9,13,17H,3-5,10-12,14H2,1-2H3,(H,25,26). The van der Waals surface area contributed by atoms with E-state index >= 15 is 0 Å². The summed E-state index contributed by atoms with van der Waals surface area (Å²) in [6.45, 7) is 6.24. The zero-order valence-electron chi connectivity index (χ0n) is 17.9. The van der Waals surface area contributed by atoms with Crippen LogP contribution in [0.4, 0.5) is 10.2 Å². The summed E-state index contributed by atoms with van der Waals surface area (Å²) in [5.74, 6) is 0.0217. The molecule has 0 bridgehead atoms. The number of hydrogen-bond acceptors (Lipinski definition) is 6. The predicted molar refractivity (Wildman–Crippen MR) is 118 cm³/mol. The van der Waals surface area contributed by atoms with Crippen molar-refractivity contribution in [3.63, 3.8) is 0 Å². The van der Waals surface area contributed by atoms with Crippen LogP contribution in [0.5, 0.6) is 0 Å². The van der Waals surface area contributed by atoms with Gasteiger partial charge in [-0.05, 0) is 62.6 Å². The van der Waals surface area contributed by atoms with Crippen molar-refractivity contribution in [2.24, 2.45) is 0 Å². The van der Waals surface area contributed by atoms with E-state index in [4.69, 9.17) is 14.5 Å². The molecule has 0 aliphatic carbocycles. The van der Waals surface area contributed by atoms with E-state index in [0.717, 1.165) is 25.0 Å². The van der Waals surface area contributed by atoms with Crippen LogP contribution >= 0.6 is 0 Å². The van der Waals surface area contributed by atoms with Crippen LogP contribution in [0.15, 0.2) is 35.1 Å². The van der Waals surface area contributed by atoms with Crippen LogP contribution in [0.1, 0.15) is 25.3 Å². The van der Waals surface area contributed by atoms with Gasteiger partial charge >= 0.3 is 0 Å². The third-order valence-corrected chi connectivity index (χ3v) is 5.43. The Morgan fingerprint density at radius 2 is 2.16 bits per heavy atom. The van der Waals surface area contributed by atoms with Gasteiger partial charge in [0.1, 0.15) is 11.3 Å². The molecule has 7 nitrogen and oxygen atoms in total. The Morgan fingerprint density at radius 1 is 1.29 bits per heavy atom. The van der Waals surface area contributed by atoms with Crippen LogP contribution in [0.3, 0.4) is 0 Å². The molecule has 1 aliphatic heterocycles. The van der Waals surface area contributed by atoms with Gasteiger partial charge in [-0.15, -0.1) is 0 Å². The number of nitrogens with one attached hydrogen (secondary N) is 1. The summed E-state index contributed by atoms with van der Waals surface area (Å²) >= 11 is 0. The Labute approximate surface area is 180 Å². The largest absolute Gasteiger partial charge is 0.380 e. The summed E-state index contributed by atoms with van der Waals surface area (Å²) < 4.78 is 26.4. The summed E-state index contributed by atoms with van der Waals surface area (Å²) in [5.41, 5.74) is 2.82. The maximum absolute atomic E-state index is 13.7. The molecule has 3 heterocycles. The number of ether oxygens (including phenoxy) is 2. The molecule has 1 aromatic carbocycles. The van der Waals surface area contributed by atoms with Gasteiger partial charge in [0.05, 0.1) is 24.9 Å². The van der Waals surface area contributed by atoms with Crippen molar-refractivity contribution in [1.82, 2.24) is 14.5 Å². The number of hydrogen-bond donors (Lipinski definition) is 1. The third kappa shape index (κ3) is 4.75. The van der Waals surface area contributed by atoms with E-state index in [1.807, 2.05) is 19.1 Å². The second-order valence-corrected chi connectivity index (χ2v) is 7.63. The van der Waals surface area contributed by atoms with Gasteiger partial charge in [-0.2, -0.15) is 0 Å². The Kier molecular flexibility index (Phi) is 6.58.